The number of hydroxylamine groups is 2. The Morgan fingerprint density at radius 1 is 1.27 bits per heavy atom. The number of hydrogen-bond acceptors (Lipinski definition) is 6. The fraction of sp³-hybridized carbons (Fsp3) is 0.143. The van der Waals surface area contributed by atoms with Gasteiger partial charge in [-0.2, -0.15) is 0 Å². The smallest absolute Gasteiger partial charge is 0.337 e. The lowest BCUT2D eigenvalue weighted by Crippen LogP contribution is -2.33. The first-order valence-corrected chi connectivity index (χ1v) is 6.66. The average molecular weight is 321 g/mol. The van der Waals surface area contributed by atoms with Crippen LogP contribution in [-0.4, -0.2) is 28.0 Å². The normalized spacial score (nSPS) is 13.5. The number of hydrogen-bond donors (Lipinski definition) is 0. The van der Waals surface area contributed by atoms with E-state index in [4.69, 9.17) is 21.0 Å². The van der Waals surface area contributed by atoms with Crippen molar-refractivity contribution in [3.05, 3.63) is 51.9 Å². The molecule has 22 heavy (non-hydrogen) atoms. The summed E-state index contributed by atoms with van der Waals surface area (Å²) in [5.74, 6) is -2.17. The van der Waals surface area contributed by atoms with Gasteiger partial charge in [-0.05, 0) is 30.7 Å². The number of imide groups is 1. The van der Waals surface area contributed by atoms with E-state index in [0.717, 1.165) is 0 Å². The highest BCUT2D eigenvalue weighted by molar-refractivity contribution is 6.29. The molecule has 7 nitrogen and oxygen atoms in total. The predicted molar refractivity (Wildman–Crippen MR) is 73.0 cm³/mol. The highest BCUT2D eigenvalue weighted by Gasteiger charge is 2.38. The second-order valence-electron chi connectivity index (χ2n) is 4.61. The molecule has 0 saturated heterocycles. The van der Waals surface area contributed by atoms with E-state index in [2.05, 4.69) is 5.16 Å². The standard InChI is InChI=1S/C14H9ClN2O5/c1-7-10(12(15)21-16-7)6-11(18)22-17-13(19)8-4-2-3-5-9(8)14(17)20/h2-5H,6H2,1H3. The van der Waals surface area contributed by atoms with Crippen molar-refractivity contribution in [1.82, 2.24) is 10.2 Å². The first-order chi connectivity index (χ1) is 10.5. The van der Waals surface area contributed by atoms with Gasteiger partial charge < -0.3 is 9.36 Å². The highest BCUT2D eigenvalue weighted by atomic mass is 35.5. The number of amides is 2. The maximum atomic E-state index is 12.0. The number of fused-ring (bicyclic) bond motifs is 1. The van der Waals surface area contributed by atoms with Crippen LogP contribution >= 0.6 is 11.6 Å². The first kappa shape index (κ1) is 14.3. The van der Waals surface area contributed by atoms with E-state index in [-0.39, 0.29) is 22.8 Å². The lowest BCUT2D eigenvalue weighted by molar-refractivity contribution is -0.167. The quantitative estimate of drug-likeness (QED) is 0.803. The second kappa shape index (κ2) is 5.27. The Balaban J connectivity index is 1.76. The number of carbonyl (C=O) groups excluding carboxylic acids is 3. The SMILES string of the molecule is Cc1noc(Cl)c1CC(=O)ON1C(=O)c2ccccc2C1=O. The molecule has 1 aliphatic rings. The number of carbonyl (C=O) groups is 3. The Bertz CT molecular complexity index is 744. The summed E-state index contributed by atoms with van der Waals surface area (Å²) in [6.07, 6.45) is -0.262. The Hall–Kier alpha value is -2.67. The molecule has 2 aromatic rings. The minimum Gasteiger partial charge on any atom is -0.344 e. The van der Waals surface area contributed by atoms with Crippen LogP contribution in [0.3, 0.4) is 0 Å². The molecule has 0 atom stereocenters. The van der Waals surface area contributed by atoms with Gasteiger partial charge in [-0.1, -0.05) is 22.4 Å². The fourth-order valence-corrected chi connectivity index (χ4v) is 2.32. The molecule has 1 aromatic heterocycles. The molecule has 0 N–H and O–H groups in total. The molecule has 0 saturated carbocycles. The molecule has 1 aliphatic heterocycles. The Morgan fingerprint density at radius 3 is 2.36 bits per heavy atom. The molecule has 0 unspecified atom stereocenters. The van der Waals surface area contributed by atoms with Crippen molar-refractivity contribution in [2.75, 3.05) is 0 Å². The van der Waals surface area contributed by atoms with Gasteiger partial charge >= 0.3 is 5.97 Å². The third-order valence-electron chi connectivity index (χ3n) is 3.21. The van der Waals surface area contributed by atoms with Gasteiger partial charge in [0.2, 0.25) is 5.22 Å². The Labute approximate surface area is 129 Å². The van der Waals surface area contributed by atoms with Crippen molar-refractivity contribution < 1.29 is 23.7 Å². The van der Waals surface area contributed by atoms with E-state index in [1.54, 1.807) is 19.1 Å². The summed E-state index contributed by atoms with van der Waals surface area (Å²) in [4.78, 5) is 40.9. The van der Waals surface area contributed by atoms with Crippen LogP contribution in [-0.2, 0) is 16.1 Å². The molecule has 0 aliphatic carbocycles. The first-order valence-electron chi connectivity index (χ1n) is 6.28. The largest absolute Gasteiger partial charge is 0.344 e. The van der Waals surface area contributed by atoms with Gasteiger partial charge in [0, 0.05) is 5.56 Å². The number of benzene rings is 1. The van der Waals surface area contributed by atoms with Gasteiger partial charge in [0.25, 0.3) is 11.8 Å². The van der Waals surface area contributed by atoms with E-state index in [1.807, 2.05) is 0 Å². The van der Waals surface area contributed by atoms with E-state index in [0.29, 0.717) is 16.3 Å². The summed E-state index contributed by atoms with van der Waals surface area (Å²) in [6.45, 7) is 1.61. The van der Waals surface area contributed by atoms with Gasteiger partial charge in [0.05, 0.1) is 23.2 Å². The van der Waals surface area contributed by atoms with Crippen LogP contribution in [0.25, 0.3) is 0 Å². The van der Waals surface area contributed by atoms with Crippen molar-refractivity contribution in [2.45, 2.75) is 13.3 Å². The van der Waals surface area contributed by atoms with E-state index >= 15 is 0 Å². The van der Waals surface area contributed by atoms with E-state index in [9.17, 15) is 14.4 Å². The molecule has 1 aromatic carbocycles. The van der Waals surface area contributed by atoms with Gasteiger partial charge in [0.1, 0.15) is 0 Å². The summed E-state index contributed by atoms with van der Waals surface area (Å²) in [5, 5.41) is 4.02. The molecular formula is C14H9ClN2O5. The number of rotatable bonds is 3. The number of aryl methyl sites for hydroxylation is 1. The van der Waals surface area contributed by atoms with Crippen molar-refractivity contribution >= 4 is 29.4 Å². The molecular weight excluding hydrogens is 312 g/mol. The van der Waals surface area contributed by atoms with Crippen LogP contribution in [0.5, 0.6) is 0 Å². The van der Waals surface area contributed by atoms with Gasteiger partial charge in [-0.25, -0.2) is 4.79 Å². The lowest BCUT2D eigenvalue weighted by atomic mass is 10.1. The van der Waals surface area contributed by atoms with Crippen molar-refractivity contribution in [1.29, 1.82) is 0 Å². The minimum atomic E-state index is -0.817. The van der Waals surface area contributed by atoms with Crippen LogP contribution in [0.1, 0.15) is 32.0 Å². The molecule has 3 rings (SSSR count). The third-order valence-corrected chi connectivity index (χ3v) is 3.50. The van der Waals surface area contributed by atoms with E-state index < -0.39 is 17.8 Å². The lowest BCUT2D eigenvalue weighted by Gasteiger charge is -2.12. The maximum absolute atomic E-state index is 12.0. The van der Waals surface area contributed by atoms with Crippen molar-refractivity contribution in [3.8, 4) is 0 Å². The Kier molecular flexibility index (Phi) is 3.42. The summed E-state index contributed by atoms with van der Waals surface area (Å²) < 4.78 is 4.72. The molecule has 112 valence electrons. The summed E-state index contributed by atoms with van der Waals surface area (Å²) in [7, 11) is 0. The number of aromatic nitrogens is 1. The van der Waals surface area contributed by atoms with Crippen LogP contribution in [0, 0.1) is 6.92 Å². The minimum absolute atomic E-state index is 0.0307. The maximum Gasteiger partial charge on any atom is 0.337 e. The van der Waals surface area contributed by atoms with Crippen molar-refractivity contribution in [3.63, 3.8) is 0 Å². The van der Waals surface area contributed by atoms with Crippen LogP contribution in [0.4, 0.5) is 0 Å². The zero-order chi connectivity index (χ0) is 15.9. The van der Waals surface area contributed by atoms with E-state index in [1.165, 1.54) is 12.1 Å². The molecule has 8 heteroatoms. The predicted octanol–water partition coefficient (Wildman–Crippen LogP) is 1.93. The van der Waals surface area contributed by atoms with Crippen molar-refractivity contribution in [2.24, 2.45) is 0 Å². The Morgan fingerprint density at radius 2 is 1.86 bits per heavy atom. The molecule has 0 bridgehead atoms. The average Bonchev–Trinajstić information content (AvgIpc) is 2.94. The summed E-state index contributed by atoms with van der Waals surface area (Å²) in [6, 6.07) is 6.22. The topological polar surface area (TPSA) is 89.7 Å². The molecule has 0 fully saturated rings. The fourth-order valence-electron chi connectivity index (χ4n) is 2.09. The number of nitrogens with zero attached hydrogens (tertiary/aromatic N) is 2. The van der Waals surface area contributed by atoms with Gasteiger partial charge in [-0.15, -0.1) is 0 Å². The molecule has 2 amide bonds. The number of halogens is 1. The molecule has 0 spiro atoms. The summed E-state index contributed by atoms with van der Waals surface area (Å²) in [5.41, 5.74) is 1.17. The van der Waals surface area contributed by atoms with Crippen LogP contribution in [0.15, 0.2) is 28.8 Å². The van der Waals surface area contributed by atoms with Gasteiger partial charge in [-0.3, -0.25) is 9.59 Å². The summed E-state index contributed by atoms with van der Waals surface area (Å²) >= 11 is 5.75. The third kappa shape index (κ3) is 2.25. The second-order valence-corrected chi connectivity index (χ2v) is 4.95. The zero-order valence-electron chi connectivity index (χ0n) is 11.3. The highest BCUT2D eigenvalue weighted by Crippen LogP contribution is 2.24. The van der Waals surface area contributed by atoms with Gasteiger partial charge in [0.15, 0.2) is 0 Å². The molecule has 2 heterocycles. The molecule has 0 radical (unpaired) electrons. The van der Waals surface area contributed by atoms with Crippen LogP contribution < -0.4 is 0 Å². The zero-order valence-corrected chi connectivity index (χ0v) is 12.1. The monoisotopic (exact) mass is 320 g/mol. The van der Waals surface area contributed by atoms with Crippen LogP contribution in [0.2, 0.25) is 5.22 Å².